The van der Waals surface area contributed by atoms with Gasteiger partial charge in [0.2, 0.25) is 0 Å². The smallest absolute Gasteiger partial charge is 0.314 e. The van der Waals surface area contributed by atoms with Crippen LogP contribution < -0.4 is 10.6 Å². The van der Waals surface area contributed by atoms with Crippen molar-refractivity contribution in [3.63, 3.8) is 0 Å². The van der Waals surface area contributed by atoms with Crippen molar-refractivity contribution in [3.8, 4) is 0 Å². The van der Waals surface area contributed by atoms with Crippen molar-refractivity contribution >= 4 is 6.03 Å². The molecule has 1 aromatic heterocycles. The Morgan fingerprint density at radius 3 is 2.84 bits per heavy atom. The Kier molecular flexibility index (Phi) is 6.29. The highest BCUT2D eigenvalue weighted by molar-refractivity contribution is 5.73. The van der Waals surface area contributed by atoms with Gasteiger partial charge in [-0.2, -0.15) is 0 Å². The van der Waals surface area contributed by atoms with Crippen molar-refractivity contribution in [2.24, 2.45) is 5.41 Å². The second-order valence-corrected chi connectivity index (χ2v) is 5.36. The normalized spacial score (nSPS) is 11.1. The standard InChI is InChI=1S/C14H23N3O2/c1-14(2,6-9-18)11-17-13(19)16-8-5-12-4-3-7-15-10-12/h3-4,7,10,18H,5-6,8-9,11H2,1-2H3,(H2,16,17,19). The van der Waals surface area contributed by atoms with Crippen LogP contribution in [0.1, 0.15) is 25.8 Å². The molecule has 0 aliphatic rings. The zero-order valence-corrected chi connectivity index (χ0v) is 11.6. The number of urea groups is 1. The molecule has 0 radical (unpaired) electrons. The molecule has 106 valence electrons. The zero-order valence-electron chi connectivity index (χ0n) is 11.6. The molecule has 0 spiro atoms. The van der Waals surface area contributed by atoms with E-state index in [4.69, 9.17) is 5.11 Å². The van der Waals surface area contributed by atoms with E-state index in [2.05, 4.69) is 15.6 Å². The van der Waals surface area contributed by atoms with Gasteiger partial charge < -0.3 is 15.7 Å². The van der Waals surface area contributed by atoms with E-state index in [-0.39, 0.29) is 18.1 Å². The summed E-state index contributed by atoms with van der Waals surface area (Å²) in [7, 11) is 0. The lowest BCUT2D eigenvalue weighted by Gasteiger charge is -2.23. The van der Waals surface area contributed by atoms with Gasteiger partial charge in [0, 0.05) is 32.1 Å². The number of carbonyl (C=O) groups is 1. The van der Waals surface area contributed by atoms with Crippen molar-refractivity contribution in [2.75, 3.05) is 19.7 Å². The van der Waals surface area contributed by atoms with Gasteiger partial charge in [-0.1, -0.05) is 19.9 Å². The molecule has 1 heterocycles. The van der Waals surface area contributed by atoms with E-state index in [9.17, 15) is 4.79 Å². The zero-order chi connectivity index (χ0) is 14.1. The highest BCUT2D eigenvalue weighted by Gasteiger charge is 2.17. The molecule has 2 amide bonds. The predicted octanol–water partition coefficient (Wildman–Crippen LogP) is 1.33. The van der Waals surface area contributed by atoms with Gasteiger partial charge in [-0.15, -0.1) is 0 Å². The summed E-state index contributed by atoms with van der Waals surface area (Å²) in [5.41, 5.74) is 1.01. The first kappa shape index (κ1) is 15.4. The Hall–Kier alpha value is -1.62. The van der Waals surface area contributed by atoms with Crippen LogP contribution in [0.5, 0.6) is 0 Å². The molecular weight excluding hydrogens is 242 g/mol. The van der Waals surface area contributed by atoms with Gasteiger partial charge in [0.15, 0.2) is 0 Å². The number of aliphatic hydroxyl groups excluding tert-OH is 1. The first-order valence-corrected chi connectivity index (χ1v) is 6.55. The van der Waals surface area contributed by atoms with E-state index in [0.29, 0.717) is 19.5 Å². The minimum atomic E-state index is -0.171. The van der Waals surface area contributed by atoms with Crippen LogP contribution in [0.3, 0.4) is 0 Å². The fourth-order valence-electron chi connectivity index (χ4n) is 1.64. The van der Waals surface area contributed by atoms with Gasteiger partial charge in [-0.3, -0.25) is 4.98 Å². The number of carbonyl (C=O) groups excluding carboxylic acids is 1. The molecule has 19 heavy (non-hydrogen) atoms. The van der Waals surface area contributed by atoms with E-state index in [1.165, 1.54) is 0 Å². The van der Waals surface area contributed by atoms with Crippen LogP contribution in [0.25, 0.3) is 0 Å². The number of aromatic nitrogens is 1. The monoisotopic (exact) mass is 265 g/mol. The molecular formula is C14H23N3O2. The molecule has 0 bridgehead atoms. The molecule has 0 aliphatic heterocycles. The Bertz CT molecular complexity index is 380. The number of nitrogens with one attached hydrogen (secondary N) is 2. The molecule has 0 aromatic carbocycles. The van der Waals surface area contributed by atoms with Crippen molar-refractivity contribution in [1.29, 1.82) is 0 Å². The van der Waals surface area contributed by atoms with E-state index in [1.54, 1.807) is 12.4 Å². The van der Waals surface area contributed by atoms with Crippen LogP contribution in [-0.2, 0) is 6.42 Å². The quantitative estimate of drug-likeness (QED) is 0.696. The molecule has 0 unspecified atom stereocenters. The van der Waals surface area contributed by atoms with Crippen LogP contribution in [0, 0.1) is 5.41 Å². The summed E-state index contributed by atoms with van der Waals surface area (Å²) in [5, 5.41) is 14.5. The number of aliphatic hydroxyl groups is 1. The number of hydrogen-bond acceptors (Lipinski definition) is 3. The van der Waals surface area contributed by atoms with Gasteiger partial charge in [-0.05, 0) is 29.9 Å². The maximum atomic E-state index is 11.6. The summed E-state index contributed by atoms with van der Waals surface area (Å²) < 4.78 is 0. The highest BCUT2D eigenvalue weighted by Crippen LogP contribution is 2.17. The number of pyridine rings is 1. The molecule has 1 rings (SSSR count). The third kappa shape index (κ3) is 6.76. The summed E-state index contributed by atoms with van der Waals surface area (Å²) in [5.74, 6) is 0. The maximum Gasteiger partial charge on any atom is 0.314 e. The van der Waals surface area contributed by atoms with Crippen LogP contribution in [-0.4, -0.2) is 35.8 Å². The van der Waals surface area contributed by atoms with Crippen molar-refractivity contribution in [3.05, 3.63) is 30.1 Å². The molecule has 3 N–H and O–H groups in total. The first-order chi connectivity index (χ1) is 9.03. The summed E-state index contributed by atoms with van der Waals surface area (Å²) in [4.78, 5) is 15.6. The van der Waals surface area contributed by atoms with Gasteiger partial charge in [0.1, 0.15) is 0 Å². The second-order valence-electron chi connectivity index (χ2n) is 5.36. The average Bonchev–Trinajstić information content (AvgIpc) is 2.38. The third-order valence-corrected chi connectivity index (χ3v) is 2.94. The number of rotatable bonds is 7. The van der Waals surface area contributed by atoms with Crippen LogP contribution in [0.15, 0.2) is 24.5 Å². The molecule has 5 nitrogen and oxygen atoms in total. The molecule has 5 heteroatoms. The second kappa shape index (κ2) is 7.74. The number of nitrogens with zero attached hydrogens (tertiary/aromatic N) is 1. The Labute approximate surface area is 114 Å². The van der Waals surface area contributed by atoms with E-state index < -0.39 is 0 Å². The van der Waals surface area contributed by atoms with Crippen LogP contribution >= 0.6 is 0 Å². The number of amides is 2. The van der Waals surface area contributed by atoms with Crippen molar-refractivity contribution in [1.82, 2.24) is 15.6 Å². The fourth-order valence-corrected chi connectivity index (χ4v) is 1.64. The highest BCUT2D eigenvalue weighted by atomic mass is 16.3. The molecule has 0 saturated carbocycles. The van der Waals surface area contributed by atoms with Gasteiger partial charge in [-0.25, -0.2) is 4.79 Å². The maximum absolute atomic E-state index is 11.6. The SMILES string of the molecule is CC(C)(CCO)CNC(=O)NCCc1cccnc1. The van der Waals surface area contributed by atoms with Crippen LogP contribution in [0.4, 0.5) is 4.79 Å². The average molecular weight is 265 g/mol. The molecule has 0 fully saturated rings. The van der Waals surface area contributed by atoms with E-state index in [0.717, 1.165) is 12.0 Å². The minimum Gasteiger partial charge on any atom is -0.396 e. The van der Waals surface area contributed by atoms with Gasteiger partial charge in [0.05, 0.1) is 0 Å². The Morgan fingerprint density at radius 1 is 1.42 bits per heavy atom. The van der Waals surface area contributed by atoms with E-state index >= 15 is 0 Å². The Morgan fingerprint density at radius 2 is 2.21 bits per heavy atom. The molecule has 0 aliphatic carbocycles. The van der Waals surface area contributed by atoms with Crippen LogP contribution in [0.2, 0.25) is 0 Å². The summed E-state index contributed by atoms with van der Waals surface area (Å²) in [6.45, 7) is 5.29. The molecule has 1 aromatic rings. The predicted molar refractivity (Wildman–Crippen MR) is 74.8 cm³/mol. The summed E-state index contributed by atoms with van der Waals surface area (Å²) in [6, 6.07) is 3.69. The van der Waals surface area contributed by atoms with Gasteiger partial charge in [0.25, 0.3) is 0 Å². The van der Waals surface area contributed by atoms with E-state index in [1.807, 2.05) is 26.0 Å². The molecule has 0 atom stereocenters. The lowest BCUT2D eigenvalue weighted by atomic mass is 9.90. The molecule has 0 saturated heterocycles. The van der Waals surface area contributed by atoms with Gasteiger partial charge >= 0.3 is 6.03 Å². The lowest BCUT2D eigenvalue weighted by Crippen LogP contribution is -2.41. The number of hydrogen-bond donors (Lipinski definition) is 3. The minimum absolute atomic E-state index is 0.0879. The van der Waals surface area contributed by atoms with Crippen molar-refractivity contribution < 1.29 is 9.90 Å². The Balaban J connectivity index is 2.18. The largest absolute Gasteiger partial charge is 0.396 e. The fraction of sp³-hybridized carbons (Fsp3) is 0.571. The summed E-state index contributed by atoms with van der Waals surface area (Å²) in [6.07, 6.45) is 4.96. The lowest BCUT2D eigenvalue weighted by molar-refractivity contribution is 0.201. The first-order valence-electron chi connectivity index (χ1n) is 6.55. The third-order valence-electron chi connectivity index (χ3n) is 2.94. The topological polar surface area (TPSA) is 74.2 Å². The van der Waals surface area contributed by atoms with Crippen molar-refractivity contribution in [2.45, 2.75) is 26.7 Å². The summed E-state index contributed by atoms with van der Waals surface area (Å²) >= 11 is 0.